The minimum Gasteiger partial charge on any atom is -0.391 e. The first-order chi connectivity index (χ1) is 12.1. The van der Waals surface area contributed by atoms with Crippen LogP contribution in [0.25, 0.3) is 0 Å². The van der Waals surface area contributed by atoms with Gasteiger partial charge < -0.3 is 14.7 Å². The maximum absolute atomic E-state index is 12.8. The summed E-state index contributed by atoms with van der Waals surface area (Å²) < 4.78 is 5.44. The SMILES string of the molecule is Cc1cccnc1C(=O)N1C[C@H]2C[C@@H](N3CCOCC3)[C@H](O)C[C@H]2C1. The number of rotatable bonds is 2. The Morgan fingerprint density at radius 2 is 1.96 bits per heavy atom. The molecule has 1 aromatic heterocycles. The predicted molar refractivity (Wildman–Crippen MR) is 93.3 cm³/mol. The zero-order valence-corrected chi connectivity index (χ0v) is 14.8. The Balaban J connectivity index is 1.44. The van der Waals surface area contributed by atoms with Gasteiger partial charge in [-0.1, -0.05) is 6.07 Å². The Bertz CT molecular complexity index is 632. The Morgan fingerprint density at radius 1 is 1.24 bits per heavy atom. The Morgan fingerprint density at radius 3 is 2.68 bits per heavy atom. The molecular formula is C19H27N3O3. The van der Waals surface area contributed by atoms with E-state index < -0.39 is 0 Å². The van der Waals surface area contributed by atoms with E-state index >= 15 is 0 Å². The number of aromatic nitrogens is 1. The van der Waals surface area contributed by atoms with Crippen LogP contribution in [0.4, 0.5) is 0 Å². The molecule has 1 saturated carbocycles. The monoisotopic (exact) mass is 345 g/mol. The molecule has 1 amide bonds. The molecule has 25 heavy (non-hydrogen) atoms. The lowest BCUT2D eigenvalue weighted by atomic mass is 9.77. The van der Waals surface area contributed by atoms with Crippen LogP contribution in [0.5, 0.6) is 0 Å². The second-order valence-corrected chi connectivity index (χ2v) is 7.65. The van der Waals surface area contributed by atoms with Crippen LogP contribution in [0.3, 0.4) is 0 Å². The van der Waals surface area contributed by atoms with Gasteiger partial charge in [-0.2, -0.15) is 0 Å². The maximum Gasteiger partial charge on any atom is 0.272 e. The lowest BCUT2D eigenvalue weighted by Crippen LogP contribution is -2.53. The van der Waals surface area contributed by atoms with Gasteiger partial charge in [0.1, 0.15) is 5.69 Å². The second-order valence-electron chi connectivity index (χ2n) is 7.65. The van der Waals surface area contributed by atoms with Gasteiger partial charge in [-0.3, -0.25) is 14.7 Å². The molecule has 0 bridgehead atoms. The largest absolute Gasteiger partial charge is 0.391 e. The van der Waals surface area contributed by atoms with E-state index in [1.54, 1.807) is 6.20 Å². The van der Waals surface area contributed by atoms with Gasteiger partial charge >= 0.3 is 0 Å². The number of likely N-dealkylation sites (tertiary alicyclic amines) is 1. The smallest absolute Gasteiger partial charge is 0.272 e. The van der Waals surface area contributed by atoms with Gasteiger partial charge in [0.05, 0.1) is 19.3 Å². The van der Waals surface area contributed by atoms with Crippen LogP contribution in [0.2, 0.25) is 0 Å². The number of nitrogens with zero attached hydrogens (tertiary/aromatic N) is 3. The molecule has 1 aliphatic carbocycles. The van der Waals surface area contributed by atoms with Crippen molar-refractivity contribution in [3.05, 3.63) is 29.6 Å². The summed E-state index contributed by atoms with van der Waals surface area (Å²) in [5.74, 6) is 0.911. The average Bonchev–Trinajstić information content (AvgIpc) is 3.04. The van der Waals surface area contributed by atoms with Crippen molar-refractivity contribution < 1.29 is 14.6 Å². The molecule has 1 aromatic rings. The summed E-state index contributed by atoms with van der Waals surface area (Å²) in [6.45, 7) is 6.76. The summed E-state index contributed by atoms with van der Waals surface area (Å²) in [5, 5.41) is 10.7. The number of ether oxygens (including phenoxy) is 1. The number of aliphatic hydroxyl groups is 1. The van der Waals surface area contributed by atoms with E-state index in [-0.39, 0.29) is 18.1 Å². The lowest BCUT2D eigenvalue weighted by Gasteiger charge is -2.43. The number of pyridine rings is 1. The van der Waals surface area contributed by atoms with E-state index in [0.717, 1.165) is 57.8 Å². The molecule has 0 radical (unpaired) electrons. The van der Waals surface area contributed by atoms with E-state index in [2.05, 4.69) is 9.88 Å². The quantitative estimate of drug-likeness (QED) is 0.864. The third-order valence-corrected chi connectivity index (χ3v) is 6.12. The van der Waals surface area contributed by atoms with Crippen LogP contribution in [0, 0.1) is 18.8 Å². The van der Waals surface area contributed by atoms with Crippen LogP contribution in [0.15, 0.2) is 18.3 Å². The number of carbonyl (C=O) groups excluding carboxylic acids is 1. The van der Waals surface area contributed by atoms with Crippen molar-refractivity contribution in [2.24, 2.45) is 11.8 Å². The minimum atomic E-state index is -0.300. The third kappa shape index (κ3) is 3.30. The fourth-order valence-electron chi connectivity index (χ4n) is 4.73. The Hall–Kier alpha value is -1.50. The van der Waals surface area contributed by atoms with E-state index in [9.17, 15) is 9.90 Å². The van der Waals surface area contributed by atoms with Gasteiger partial charge in [-0.15, -0.1) is 0 Å². The second kappa shape index (κ2) is 7.02. The van der Waals surface area contributed by atoms with Crippen LogP contribution in [0.1, 0.15) is 28.9 Å². The third-order valence-electron chi connectivity index (χ3n) is 6.12. The summed E-state index contributed by atoms with van der Waals surface area (Å²) in [4.78, 5) is 21.4. The van der Waals surface area contributed by atoms with Crippen LogP contribution in [-0.4, -0.2) is 77.3 Å². The van der Waals surface area contributed by atoms with Crippen molar-refractivity contribution in [1.29, 1.82) is 0 Å². The van der Waals surface area contributed by atoms with Gasteiger partial charge in [0, 0.05) is 38.4 Å². The van der Waals surface area contributed by atoms with E-state index in [1.165, 1.54) is 0 Å². The van der Waals surface area contributed by atoms with Crippen molar-refractivity contribution in [3.63, 3.8) is 0 Å². The first kappa shape index (κ1) is 16.9. The molecule has 1 N–H and O–H groups in total. The van der Waals surface area contributed by atoms with Gasteiger partial charge in [0.25, 0.3) is 5.91 Å². The summed E-state index contributed by atoms with van der Waals surface area (Å²) >= 11 is 0. The molecule has 6 heteroatoms. The van der Waals surface area contributed by atoms with E-state index in [1.807, 2.05) is 24.0 Å². The topological polar surface area (TPSA) is 65.9 Å². The van der Waals surface area contributed by atoms with Gasteiger partial charge in [-0.05, 0) is 43.2 Å². The molecule has 0 unspecified atom stereocenters. The van der Waals surface area contributed by atoms with Gasteiger partial charge in [-0.25, -0.2) is 0 Å². The standard InChI is InChI=1S/C19H27N3O3/c1-13-3-2-4-20-18(13)19(24)22-11-14-9-16(17(23)10-15(14)12-22)21-5-7-25-8-6-21/h2-4,14-17,23H,5-12H2,1H3/t14-,15+,16-,17-/m1/s1. The number of hydrogen-bond acceptors (Lipinski definition) is 5. The number of aryl methyl sites for hydroxylation is 1. The lowest BCUT2D eigenvalue weighted by molar-refractivity contribution is -0.0520. The minimum absolute atomic E-state index is 0.0323. The molecule has 136 valence electrons. The molecule has 6 nitrogen and oxygen atoms in total. The highest BCUT2D eigenvalue weighted by atomic mass is 16.5. The number of morpholine rings is 1. The molecule has 3 aliphatic rings. The van der Waals surface area contributed by atoms with E-state index in [4.69, 9.17) is 4.74 Å². The molecule has 2 saturated heterocycles. The van der Waals surface area contributed by atoms with Crippen molar-refractivity contribution in [3.8, 4) is 0 Å². The van der Waals surface area contributed by atoms with Gasteiger partial charge in [0.15, 0.2) is 0 Å². The molecular weight excluding hydrogens is 318 g/mol. The summed E-state index contributed by atoms with van der Waals surface area (Å²) in [6, 6.07) is 4.00. The molecule has 2 aliphatic heterocycles. The van der Waals surface area contributed by atoms with Crippen molar-refractivity contribution >= 4 is 5.91 Å². The normalized spacial score (nSPS) is 33.3. The predicted octanol–water partition coefficient (Wildman–Crippen LogP) is 0.934. The van der Waals surface area contributed by atoms with Gasteiger partial charge in [0.2, 0.25) is 0 Å². The molecule has 4 rings (SSSR count). The van der Waals surface area contributed by atoms with Crippen LogP contribution < -0.4 is 0 Å². The Labute approximate surface area is 148 Å². The molecule has 4 atom stereocenters. The zero-order chi connectivity index (χ0) is 17.4. The maximum atomic E-state index is 12.8. The highest BCUT2D eigenvalue weighted by Gasteiger charge is 2.45. The molecule has 0 aromatic carbocycles. The average molecular weight is 345 g/mol. The summed E-state index contributed by atoms with van der Waals surface area (Å²) in [6.07, 6.45) is 3.14. The summed E-state index contributed by atoms with van der Waals surface area (Å²) in [5.41, 5.74) is 1.49. The number of hydrogen-bond donors (Lipinski definition) is 1. The highest BCUT2D eigenvalue weighted by molar-refractivity contribution is 5.93. The van der Waals surface area contributed by atoms with Crippen molar-refractivity contribution in [2.75, 3.05) is 39.4 Å². The zero-order valence-electron chi connectivity index (χ0n) is 14.8. The van der Waals surface area contributed by atoms with Crippen LogP contribution >= 0.6 is 0 Å². The summed E-state index contributed by atoms with van der Waals surface area (Å²) in [7, 11) is 0. The van der Waals surface area contributed by atoms with E-state index in [0.29, 0.717) is 17.5 Å². The fraction of sp³-hybridized carbons (Fsp3) is 0.684. The van der Waals surface area contributed by atoms with Crippen molar-refractivity contribution in [2.45, 2.75) is 31.9 Å². The fourth-order valence-corrected chi connectivity index (χ4v) is 4.73. The highest BCUT2D eigenvalue weighted by Crippen LogP contribution is 2.39. The molecule has 3 heterocycles. The number of fused-ring (bicyclic) bond motifs is 1. The number of aliphatic hydroxyl groups excluding tert-OH is 1. The molecule has 0 spiro atoms. The van der Waals surface area contributed by atoms with Crippen LogP contribution in [-0.2, 0) is 4.74 Å². The number of carbonyl (C=O) groups is 1. The first-order valence-corrected chi connectivity index (χ1v) is 9.34. The Kier molecular flexibility index (Phi) is 4.75. The first-order valence-electron chi connectivity index (χ1n) is 9.34. The molecule has 3 fully saturated rings. The number of amides is 1. The van der Waals surface area contributed by atoms with Crippen molar-refractivity contribution in [1.82, 2.24) is 14.8 Å².